The minimum Gasteiger partial charge on any atom is -0.465 e. The van der Waals surface area contributed by atoms with Crippen LogP contribution in [0.5, 0.6) is 0 Å². The SMILES string of the molecule is CCN(CC)c1nc(Cl)nc2sc(C(=O)OC)c(C)c12. The van der Waals surface area contributed by atoms with E-state index in [1.807, 2.05) is 20.8 Å². The Morgan fingerprint density at radius 3 is 2.55 bits per heavy atom. The molecule has 108 valence electrons. The van der Waals surface area contributed by atoms with E-state index in [0.29, 0.717) is 9.71 Å². The summed E-state index contributed by atoms with van der Waals surface area (Å²) in [7, 11) is 1.37. The van der Waals surface area contributed by atoms with Crippen molar-refractivity contribution in [2.75, 3.05) is 25.1 Å². The van der Waals surface area contributed by atoms with Gasteiger partial charge in [-0.3, -0.25) is 0 Å². The van der Waals surface area contributed by atoms with Crippen molar-refractivity contribution in [2.45, 2.75) is 20.8 Å². The van der Waals surface area contributed by atoms with E-state index in [4.69, 9.17) is 16.3 Å². The molecule has 0 amide bonds. The molecular weight excluding hydrogens is 298 g/mol. The second-order valence-corrected chi connectivity index (χ2v) is 5.55. The lowest BCUT2D eigenvalue weighted by molar-refractivity contribution is 0.0605. The average Bonchev–Trinajstić information content (AvgIpc) is 2.76. The lowest BCUT2D eigenvalue weighted by Gasteiger charge is -2.20. The van der Waals surface area contributed by atoms with Gasteiger partial charge in [-0.05, 0) is 37.9 Å². The maximum absolute atomic E-state index is 11.8. The van der Waals surface area contributed by atoms with Crippen molar-refractivity contribution < 1.29 is 9.53 Å². The maximum Gasteiger partial charge on any atom is 0.348 e. The second-order valence-electron chi connectivity index (χ2n) is 4.22. The van der Waals surface area contributed by atoms with Crippen LogP contribution in [0.3, 0.4) is 0 Å². The number of fused-ring (bicyclic) bond motifs is 1. The van der Waals surface area contributed by atoms with Gasteiger partial charge in [0.1, 0.15) is 15.5 Å². The molecule has 0 aliphatic heterocycles. The van der Waals surface area contributed by atoms with Gasteiger partial charge in [0, 0.05) is 13.1 Å². The summed E-state index contributed by atoms with van der Waals surface area (Å²) in [6, 6.07) is 0. The van der Waals surface area contributed by atoms with Crippen molar-refractivity contribution in [3.05, 3.63) is 15.7 Å². The number of esters is 1. The maximum atomic E-state index is 11.8. The van der Waals surface area contributed by atoms with E-state index < -0.39 is 0 Å². The minimum atomic E-state index is -0.355. The summed E-state index contributed by atoms with van der Waals surface area (Å²) in [4.78, 5) is 23.7. The second kappa shape index (κ2) is 5.93. The Labute approximate surface area is 126 Å². The molecule has 0 bridgehead atoms. The van der Waals surface area contributed by atoms with Crippen molar-refractivity contribution in [1.82, 2.24) is 9.97 Å². The highest BCUT2D eigenvalue weighted by molar-refractivity contribution is 7.20. The quantitative estimate of drug-likeness (QED) is 0.640. The normalized spacial score (nSPS) is 10.8. The number of nitrogens with zero attached hydrogens (tertiary/aromatic N) is 3. The number of halogens is 1. The highest BCUT2D eigenvalue weighted by Crippen LogP contribution is 2.36. The van der Waals surface area contributed by atoms with Crippen LogP contribution in [0, 0.1) is 6.92 Å². The van der Waals surface area contributed by atoms with Gasteiger partial charge in [0.2, 0.25) is 5.28 Å². The van der Waals surface area contributed by atoms with Gasteiger partial charge >= 0.3 is 5.97 Å². The number of anilines is 1. The Bertz CT molecular complexity index is 653. The van der Waals surface area contributed by atoms with E-state index in [1.165, 1.54) is 18.4 Å². The number of carbonyl (C=O) groups is 1. The molecule has 0 fully saturated rings. The van der Waals surface area contributed by atoms with Crippen LogP contribution in [0.4, 0.5) is 5.82 Å². The number of methoxy groups -OCH3 is 1. The van der Waals surface area contributed by atoms with Gasteiger partial charge in [-0.1, -0.05) is 0 Å². The van der Waals surface area contributed by atoms with Crippen LogP contribution in [-0.2, 0) is 4.74 Å². The van der Waals surface area contributed by atoms with Crippen LogP contribution < -0.4 is 4.90 Å². The van der Waals surface area contributed by atoms with Crippen LogP contribution in [0.2, 0.25) is 5.28 Å². The molecule has 0 unspecified atom stereocenters. The molecule has 20 heavy (non-hydrogen) atoms. The molecular formula is C13H16ClN3O2S. The van der Waals surface area contributed by atoms with Crippen molar-refractivity contribution in [1.29, 1.82) is 0 Å². The van der Waals surface area contributed by atoms with Gasteiger partial charge in [0.05, 0.1) is 12.5 Å². The van der Waals surface area contributed by atoms with Gasteiger partial charge in [0.25, 0.3) is 0 Å². The van der Waals surface area contributed by atoms with Crippen molar-refractivity contribution in [3.63, 3.8) is 0 Å². The lowest BCUT2D eigenvalue weighted by atomic mass is 10.2. The highest BCUT2D eigenvalue weighted by Gasteiger charge is 2.22. The molecule has 2 heterocycles. The van der Waals surface area contributed by atoms with Crippen LogP contribution >= 0.6 is 22.9 Å². The smallest absolute Gasteiger partial charge is 0.348 e. The van der Waals surface area contributed by atoms with Gasteiger partial charge < -0.3 is 9.64 Å². The first kappa shape index (κ1) is 15.0. The number of thiophene rings is 1. The number of hydrogen-bond donors (Lipinski definition) is 0. The Morgan fingerprint density at radius 2 is 2.00 bits per heavy atom. The average molecular weight is 314 g/mol. The number of aromatic nitrogens is 2. The number of carbonyl (C=O) groups excluding carboxylic acids is 1. The molecule has 0 saturated carbocycles. The van der Waals surface area contributed by atoms with E-state index in [1.54, 1.807) is 0 Å². The Morgan fingerprint density at radius 1 is 1.35 bits per heavy atom. The molecule has 2 aromatic heterocycles. The molecule has 0 aliphatic carbocycles. The number of aryl methyl sites for hydroxylation is 1. The lowest BCUT2D eigenvalue weighted by Crippen LogP contribution is -2.23. The summed E-state index contributed by atoms with van der Waals surface area (Å²) in [5.74, 6) is 0.418. The molecule has 0 radical (unpaired) electrons. The molecule has 0 N–H and O–H groups in total. The topological polar surface area (TPSA) is 55.3 Å². The largest absolute Gasteiger partial charge is 0.465 e. The van der Waals surface area contributed by atoms with Crippen molar-refractivity contribution >= 4 is 44.9 Å². The first-order valence-electron chi connectivity index (χ1n) is 6.33. The molecule has 0 aromatic carbocycles. The summed E-state index contributed by atoms with van der Waals surface area (Å²) < 4.78 is 4.81. The first-order chi connectivity index (χ1) is 9.53. The number of hydrogen-bond acceptors (Lipinski definition) is 6. The zero-order valence-corrected chi connectivity index (χ0v) is 13.4. The monoisotopic (exact) mass is 313 g/mol. The van der Waals surface area contributed by atoms with Crippen LogP contribution in [0.1, 0.15) is 29.1 Å². The molecule has 0 saturated heterocycles. The van der Waals surface area contributed by atoms with Gasteiger partial charge in [-0.15, -0.1) is 11.3 Å². The van der Waals surface area contributed by atoms with Gasteiger partial charge in [-0.2, -0.15) is 4.98 Å². The third-order valence-electron chi connectivity index (χ3n) is 3.18. The van der Waals surface area contributed by atoms with E-state index in [9.17, 15) is 4.79 Å². The first-order valence-corrected chi connectivity index (χ1v) is 7.52. The molecule has 0 atom stereocenters. The number of rotatable bonds is 4. The molecule has 0 aliphatic rings. The molecule has 0 spiro atoms. The number of ether oxygens (including phenoxy) is 1. The van der Waals surface area contributed by atoms with Crippen LogP contribution in [0.25, 0.3) is 10.2 Å². The van der Waals surface area contributed by atoms with E-state index >= 15 is 0 Å². The fourth-order valence-electron chi connectivity index (χ4n) is 2.13. The van der Waals surface area contributed by atoms with Crippen molar-refractivity contribution in [2.24, 2.45) is 0 Å². The summed E-state index contributed by atoms with van der Waals surface area (Å²) in [6.45, 7) is 7.60. The Kier molecular flexibility index (Phi) is 4.45. The van der Waals surface area contributed by atoms with E-state index in [-0.39, 0.29) is 11.3 Å². The molecule has 7 heteroatoms. The van der Waals surface area contributed by atoms with Crippen LogP contribution in [-0.4, -0.2) is 36.1 Å². The summed E-state index contributed by atoms with van der Waals surface area (Å²) >= 11 is 7.29. The van der Waals surface area contributed by atoms with E-state index in [2.05, 4.69) is 14.9 Å². The summed E-state index contributed by atoms with van der Waals surface area (Å²) in [6.07, 6.45) is 0. The standard InChI is InChI=1S/C13H16ClN3O2S/c1-5-17(6-2)10-8-7(3)9(12(18)19-4)20-11(8)16-13(14)15-10/h5-6H2,1-4H3. The van der Waals surface area contributed by atoms with Gasteiger partial charge in [0.15, 0.2) is 0 Å². The zero-order chi connectivity index (χ0) is 14.9. The minimum absolute atomic E-state index is 0.192. The zero-order valence-electron chi connectivity index (χ0n) is 11.9. The third-order valence-corrected chi connectivity index (χ3v) is 4.51. The van der Waals surface area contributed by atoms with E-state index in [0.717, 1.165) is 29.9 Å². The summed E-state index contributed by atoms with van der Waals surface area (Å²) in [5.41, 5.74) is 0.843. The van der Waals surface area contributed by atoms with Gasteiger partial charge in [-0.25, -0.2) is 9.78 Å². The Hall–Kier alpha value is -1.40. The molecule has 2 rings (SSSR count). The fraction of sp³-hybridized carbons (Fsp3) is 0.462. The predicted molar refractivity (Wildman–Crippen MR) is 82.1 cm³/mol. The Balaban J connectivity index is 2.75. The summed E-state index contributed by atoms with van der Waals surface area (Å²) in [5, 5.41) is 1.07. The van der Waals surface area contributed by atoms with Crippen molar-refractivity contribution in [3.8, 4) is 0 Å². The molecule has 2 aromatic rings. The van der Waals surface area contributed by atoms with Crippen LogP contribution in [0.15, 0.2) is 0 Å². The highest BCUT2D eigenvalue weighted by atomic mass is 35.5. The fourth-order valence-corrected chi connectivity index (χ4v) is 3.44. The predicted octanol–water partition coefficient (Wildman–Crippen LogP) is 3.29. The molecule has 5 nitrogen and oxygen atoms in total. The third kappa shape index (κ3) is 2.45.